The minimum atomic E-state index is -0.716. The normalized spacial score (nSPS) is 37.7. The van der Waals surface area contributed by atoms with E-state index in [0.29, 0.717) is 41.4 Å². The number of carbonyl (C=O) groups is 1. The van der Waals surface area contributed by atoms with Gasteiger partial charge in [-0.2, -0.15) is 0 Å². The molecule has 5 heteroatoms. The van der Waals surface area contributed by atoms with E-state index in [9.17, 15) is 9.90 Å². The molecule has 5 nitrogen and oxygen atoms in total. The first kappa shape index (κ1) is 26.7. The Morgan fingerprint density at radius 3 is 2.56 bits per heavy atom. The summed E-state index contributed by atoms with van der Waals surface area (Å²) in [7, 11) is 0. The second-order valence-electron chi connectivity index (χ2n) is 11.3. The van der Waals surface area contributed by atoms with Crippen LogP contribution in [0.4, 0.5) is 0 Å². The minimum absolute atomic E-state index is 0.0754. The van der Waals surface area contributed by atoms with Gasteiger partial charge >= 0.3 is 5.97 Å². The van der Waals surface area contributed by atoms with Gasteiger partial charge in [-0.15, -0.1) is 0 Å². The highest BCUT2D eigenvalue weighted by Crippen LogP contribution is 2.43. The van der Waals surface area contributed by atoms with Crippen LogP contribution in [0.25, 0.3) is 5.57 Å². The van der Waals surface area contributed by atoms with Crippen molar-refractivity contribution >= 4 is 11.5 Å². The Bertz CT molecular complexity index is 1070. The van der Waals surface area contributed by atoms with E-state index in [1.807, 2.05) is 19.1 Å². The zero-order valence-electron chi connectivity index (χ0n) is 22.7. The van der Waals surface area contributed by atoms with Crippen LogP contribution in [0.2, 0.25) is 0 Å². The van der Waals surface area contributed by atoms with Crippen molar-refractivity contribution in [1.82, 2.24) is 0 Å². The van der Waals surface area contributed by atoms with Crippen molar-refractivity contribution in [2.75, 3.05) is 0 Å². The number of benzene rings is 1. The topological polar surface area (TPSA) is 65.0 Å². The summed E-state index contributed by atoms with van der Waals surface area (Å²) in [6.45, 7) is 12.5. The molecule has 3 aliphatic rings. The SMILES string of the molecule is C/C1=C/CC2CC(CC3(CCC(C)C(C)O3)O2)OC(=O)c2cc(C)c(O)cc2/C(C)=C/C=C\C(C)C1. The number of aromatic hydroxyl groups is 1. The summed E-state index contributed by atoms with van der Waals surface area (Å²) in [6, 6.07) is 3.41. The number of aryl methyl sites for hydroxylation is 1. The van der Waals surface area contributed by atoms with Gasteiger partial charge in [0.2, 0.25) is 0 Å². The first-order valence-electron chi connectivity index (χ1n) is 13.5. The first-order valence-corrected chi connectivity index (χ1v) is 13.5. The number of fused-ring (bicyclic) bond motifs is 3. The molecule has 1 N–H and O–H groups in total. The zero-order valence-corrected chi connectivity index (χ0v) is 22.7. The third-order valence-corrected chi connectivity index (χ3v) is 8.04. The van der Waals surface area contributed by atoms with E-state index in [0.717, 1.165) is 31.3 Å². The number of phenols is 1. The fraction of sp³-hybridized carbons (Fsp3) is 0.581. The molecule has 196 valence electrons. The summed E-state index contributed by atoms with van der Waals surface area (Å²) < 4.78 is 19.3. The lowest BCUT2D eigenvalue weighted by Gasteiger charge is -2.49. The number of esters is 1. The molecule has 3 heterocycles. The quantitative estimate of drug-likeness (QED) is 0.303. The Labute approximate surface area is 216 Å². The van der Waals surface area contributed by atoms with Crippen molar-refractivity contribution < 1.29 is 24.1 Å². The Kier molecular flexibility index (Phi) is 8.11. The summed E-state index contributed by atoms with van der Waals surface area (Å²) in [5.74, 6) is -0.0581. The third-order valence-electron chi connectivity index (χ3n) is 8.04. The summed E-state index contributed by atoms with van der Waals surface area (Å²) in [4.78, 5) is 13.6. The second-order valence-corrected chi connectivity index (χ2v) is 11.3. The van der Waals surface area contributed by atoms with Gasteiger partial charge in [0.25, 0.3) is 0 Å². The van der Waals surface area contributed by atoms with Gasteiger partial charge in [0.05, 0.1) is 17.8 Å². The maximum atomic E-state index is 13.6. The molecule has 36 heavy (non-hydrogen) atoms. The number of allylic oxidation sites excluding steroid dienone is 5. The zero-order chi connectivity index (χ0) is 26.0. The van der Waals surface area contributed by atoms with E-state index >= 15 is 0 Å². The maximum Gasteiger partial charge on any atom is 0.339 e. The van der Waals surface area contributed by atoms with Gasteiger partial charge in [-0.25, -0.2) is 4.79 Å². The Morgan fingerprint density at radius 2 is 1.81 bits per heavy atom. The average molecular weight is 495 g/mol. The van der Waals surface area contributed by atoms with Gasteiger partial charge in [0.15, 0.2) is 5.79 Å². The fourth-order valence-corrected chi connectivity index (χ4v) is 5.67. The molecular formula is C31H42O5. The molecule has 0 aromatic heterocycles. The third kappa shape index (κ3) is 6.12. The fourth-order valence-electron chi connectivity index (χ4n) is 5.67. The highest BCUT2D eigenvalue weighted by atomic mass is 16.7. The molecule has 6 atom stereocenters. The lowest BCUT2D eigenvalue weighted by Crippen LogP contribution is -2.53. The second kappa shape index (κ2) is 10.9. The lowest BCUT2D eigenvalue weighted by molar-refractivity contribution is -0.331. The molecule has 3 aliphatic heterocycles. The number of hydrogen-bond acceptors (Lipinski definition) is 5. The molecule has 0 amide bonds. The van der Waals surface area contributed by atoms with E-state index in [1.54, 1.807) is 19.1 Å². The molecule has 1 aromatic carbocycles. The molecule has 0 radical (unpaired) electrons. The summed E-state index contributed by atoms with van der Waals surface area (Å²) in [5.41, 5.74) is 4.05. The van der Waals surface area contributed by atoms with E-state index in [4.69, 9.17) is 14.2 Å². The highest BCUT2D eigenvalue weighted by molar-refractivity contribution is 5.96. The molecule has 1 spiro atoms. The number of hydrogen-bond donors (Lipinski definition) is 1. The van der Waals surface area contributed by atoms with Crippen LogP contribution < -0.4 is 0 Å². The smallest absolute Gasteiger partial charge is 0.339 e. The van der Waals surface area contributed by atoms with Gasteiger partial charge in [-0.05, 0) is 87.6 Å². The van der Waals surface area contributed by atoms with Crippen molar-refractivity contribution in [1.29, 1.82) is 0 Å². The molecular weight excluding hydrogens is 452 g/mol. The summed E-state index contributed by atoms with van der Waals surface area (Å²) in [6.07, 6.45) is 13.0. The molecule has 0 aliphatic carbocycles. The van der Waals surface area contributed by atoms with Gasteiger partial charge in [-0.3, -0.25) is 0 Å². The van der Waals surface area contributed by atoms with Gasteiger partial charge < -0.3 is 19.3 Å². The van der Waals surface area contributed by atoms with Gasteiger partial charge in [0.1, 0.15) is 11.9 Å². The van der Waals surface area contributed by atoms with Crippen LogP contribution in [-0.2, 0) is 14.2 Å². The van der Waals surface area contributed by atoms with Crippen molar-refractivity contribution in [2.24, 2.45) is 11.8 Å². The van der Waals surface area contributed by atoms with Crippen LogP contribution in [0.1, 0.15) is 94.6 Å². The van der Waals surface area contributed by atoms with Gasteiger partial charge in [-0.1, -0.05) is 43.7 Å². The Morgan fingerprint density at radius 1 is 1.03 bits per heavy atom. The molecule has 2 fully saturated rings. The van der Waals surface area contributed by atoms with E-state index < -0.39 is 5.79 Å². The van der Waals surface area contributed by atoms with Crippen molar-refractivity contribution in [2.45, 2.75) is 104 Å². The van der Waals surface area contributed by atoms with E-state index in [2.05, 4.69) is 39.8 Å². The van der Waals surface area contributed by atoms with Crippen LogP contribution in [0.5, 0.6) is 5.75 Å². The van der Waals surface area contributed by atoms with Crippen molar-refractivity contribution in [3.05, 3.63) is 58.7 Å². The molecule has 6 unspecified atom stereocenters. The highest BCUT2D eigenvalue weighted by Gasteiger charge is 2.47. The predicted octanol–water partition coefficient (Wildman–Crippen LogP) is 7.27. The standard InChI is InChI=1S/C31H42O5/c1-19-8-7-9-22(4)27-17-29(32)23(5)15-28(27)30(33)34-26-16-25(11-10-20(2)14-19)36-31(18-26)13-12-21(3)24(6)35-31/h7-10,15,17,19,21,24-26,32H,11-14,16,18H2,1-6H3/b8-7-,20-10-,22-9+. The average Bonchev–Trinajstić information content (AvgIpc) is 2.81. The number of carbonyl (C=O) groups excluding carboxylic acids is 1. The summed E-state index contributed by atoms with van der Waals surface area (Å²) in [5, 5.41) is 10.4. The van der Waals surface area contributed by atoms with Crippen molar-refractivity contribution in [3.8, 4) is 5.75 Å². The lowest BCUT2D eigenvalue weighted by atomic mass is 9.86. The Balaban J connectivity index is 1.72. The van der Waals surface area contributed by atoms with E-state index in [-0.39, 0.29) is 30.0 Å². The van der Waals surface area contributed by atoms with Crippen LogP contribution in [0.15, 0.2) is 42.0 Å². The van der Waals surface area contributed by atoms with E-state index in [1.165, 1.54) is 5.57 Å². The monoisotopic (exact) mass is 494 g/mol. The van der Waals surface area contributed by atoms with Crippen LogP contribution in [-0.4, -0.2) is 35.2 Å². The molecule has 0 saturated carbocycles. The number of phenolic OH excluding ortho intramolecular Hbond substituents is 1. The molecule has 2 bridgehead atoms. The summed E-state index contributed by atoms with van der Waals surface area (Å²) >= 11 is 0. The van der Waals surface area contributed by atoms with Gasteiger partial charge in [0, 0.05) is 19.3 Å². The molecule has 4 rings (SSSR count). The molecule has 2 saturated heterocycles. The van der Waals surface area contributed by atoms with Crippen LogP contribution in [0.3, 0.4) is 0 Å². The number of rotatable bonds is 0. The minimum Gasteiger partial charge on any atom is -0.508 e. The van der Waals surface area contributed by atoms with Crippen molar-refractivity contribution in [3.63, 3.8) is 0 Å². The van der Waals surface area contributed by atoms with Crippen LogP contribution in [0, 0.1) is 18.8 Å². The first-order chi connectivity index (χ1) is 17.0. The number of ether oxygens (including phenoxy) is 3. The maximum absolute atomic E-state index is 13.6. The van der Waals surface area contributed by atoms with Crippen LogP contribution >= 0.6 is 0 Å². The predicted molar refractivity (Wildman–Crippen MR) is 143 cm³/mol. The largest absolute Gasteiger partial charge is 0.508 e. The molecule has 1 aromatic rings. The Hall–Kier alpha value is -2.37.